The van der Waals surface area contributed by atoms with Crippen LogP contribution in [0.3, 0.4) is 0 Å². The van der Waals surface area contributed by atoms with E-state index in [-0.39, 0.29) is 18.6 Å². The van der Waals surface area contributed by atoms with Crippen LogP contribution >= 0.6 is 0 Å². The van der Waals surface area contributed by atoms with E-state index in [1.54, 1.807) is 18.2 Å². The van der Waals surface area contributed by atoms with Gasteiger partial charge in [0.05, 0.1) is 13.2 Å². The molecule has 0 fully saturated rings. The van der Waals surface area contributed by atoms with Crippen molar-refractivity contribution < 1.29 is 19.1 Å². The van der Waals surface area contributed by atoms with Crippen LogP contribution in [0.25, 0.3) is 0 Å². The molecule has 132 valence electrons. The van der Waals surface area contributed by atoms with E-state index in [1.807, 2.05) is 19.1 Å². The van der Waals surface area contributed by atoms with Crippen molar-refractivity contribution in [2.45, 2.75) is 26.3 Å². The summed E-state index contributed by atoms with van der Waals surface area (Å²) in [4.78, 5) is 23.0. The summed E-state index contributed by atoms with van der Waals surface area (Å²) in [5.41, 5.74) is 2.75. The van der Waals surface area contributed by atoms with Crippen LogP contribution < -0.4 is 14.8 Å². The quantitative estimate of drug-likeness (QED) is 0.748. The number of carbonyl (C=O) groups excluding carboxylic acids is 2. The van der Waals surface area contributed by atoms with Crippen molar-refractivity contribution in [3.63, 3.8) is 0 Å². The molecule has 1 atom stereocenters. The fourth-order valence-corrected chi connectivity index (χ4v) is 2.43. The smallest absolute Gasteiger partial charge is 0.258 e. The van der Waals surface area contributed by atoms with Crippen LogP contribution in [0.5, 0.6) is 11.5 Å². The first-order chi connectivity index (χ1) is 12.1. The summed E-state index contributed by atoms with van der Waals surface area (Å²) in [6.07, 6.45) is 1.70. The van der Waals surface area contributed by atoms with Crippen molar-refractivity contribution in [3.8, 4) is 11.5 Å². The lowest BCUT2D eigenvalue weighted by atomic mass is 10.1. The Labute approximate surface area is 148 Å². The Morgan fingerprint density at radius 1 is 1.16 bits per heavy atom. The van der Waals surface area contributed by atoms with Crippen molar-refractivity contribution in [1.82, 2.24) is 5.32 Å². The molecule has 0 saturated heterocycles. The number of ether oxygens (including phenoxy) is 2. The standard InChI is InChI=1S/C20H23NO4/c1-4-15-5-8-17(9-6-15)14(2)21-20(23)13-25-19-11-16(12-22)7-10-18(19)24-3/h5-12,14H,4,13H2,1-3H3,(H,21,23)/t14-/m1/s1. The van der Waals surface area contributed by atoms with Gasteiger partial charge in [0.1, 0.15) is 6.29 Å². The second kappa shape index (κ2) is 8.87. The third kappa shape index (κ3) is 5.08. The molecule has 2 aromatic carbocycles. The highest BCUT2D eigenvalue weighted by Gasteiger charge is 2.12. The summed E-state index contributed by atoms with van der Waals surface area (Å²) in [6.45, 7) is 3.87. The first kappa shape index (κ1) is 18.5. The van der Waals surface area contributed by atoms with Crippen LogP contribution in [0.15, 0.2) is 42.5 Å². The average Bonchev–Trinajstić information content (AvgIpc) is 2.66. The Hall–Kier alpha value is -2.82. The largest absolute Gasteiger partial charge is 0.493 e. The molecule has 0 bridgehead atoms. The summed E-state index contributed by atoms with van der Waals surface area (Å²) in [5, 5.41) is 2.90. The molecule has 0 aliphatic rings. The fourth-order valence-electron chi connectivity index (χ4n) is 2.43. The molecular weight excluding hydrogens is 318 g/mol. The summed E-state index contributed by atoms with van der Waals surface area (Å²) < 4.78 is 10.7. The van der Waals surface area contributed by atoms with Gasteiger partial charge in [-0.3, -0.25) is 9.59 Å². The lowest BCUT2D eigenvalue weighted by Crippen LogP contribution is -2.31. The van der Waals surface area contributed by atoms with Gasteiger partial charge < -0.3 is 14.8 Å². The lowest BCUT2D eigenvalue weighted by Gasteiger charge is -2.16. The van der Waals surface area contributed by atoms with Gasteiger partial charge in [0.2, 0.25) is 0 Å². The highest BCUT2D eigenvalue weighted by Crippen LogP contribution is 2.27. The van der Waals surface area contributed by atoms with Gasteiger partial charge in [-0.2, -0.15) is 0 Å². The van der Waals surface area contributed by atoms with Crippen LogP contribution in [0.1, 0.15) is 41.4 Å². The number of amides is 1. The molecule has 1 amide bonds. The predicted octanol–water partition coefficient (Wildman–Crippen LogP) is 3.33. The highest BCUT2D eigenvalue weighted by molar-refractivity contribution is 5.79. The molecule has 0 unspecified atom stereocenters. The average molecular weight is 341 g/mol. The van der Waals surface area contributed by atoms with E-state index in [0.717, 1.165) is 12.0 Å². The number of methoxy groups -OCH3 is 1. The second-order valence-corrected chi connectivity index (χ2v) is 5.70. The van der Waals surface area contributed by atoms with Crippen LogP contribution in [0.4, 0.5) is 0 Å². The summed E-state index contributed by atoms with van der Waals surface area (Å²) in [7, 11) is 1.50. The number of nitrogens with one attached hydrogen (secondary N) is 1. The molecule has 2 rings (SSSR count). The fraction of sp³-hybridized carbons (Fsp3) is 0.300. The van der Waals surface area contributed by atoms with E-state index < -0.39 is 0 Å². The monoisotopic (exact) mass is 341 g/mol. The molecule has 25 heavy (non-hydrogen) atoms. The minimum Gasteiger partial charge on any atom is -0.493 e. The van der Waals surface area contributed by atoms with E-state index in [4.69, 9.17) is 9.47 Å². The van der Waals surface area contributed by atoms with Crippen LogP contribution in [-0.2, 0) is 11.2 Å². The van der Waals surface area contributed by atoms with Gasteiger partial charge >= 0.3 is 0 Å². The predicted molar refractivity (Wildman–Crippen MR) is 96.3 cm³/mol. The maximum absolute atomic E-state index is 12.1. The topological polar surface area (TPSA) is 64.6 Å². The third-order valence-electron chi connectivity index (χ3n) is 3.95. The second-order valence-electron chi connectivity index (χ2n) is 5.70. The number of rotatable bonds is 8. The Bertz CT molecular complexity index is 725. The van der Waals surface area contributed by atoms with Crippen LogP contribution in [0.2, 0.25) is 0 Å². The first-order valence-corrected chi connectivity index (χ1v) is 8.21. The molecule has 2 aromatic rings. The van der Waals surface area contributed by atoms with Gasteiger partial charge in [-0.15, -0.1) is 0 Å². The molecule has 0 aliphatic carbocycles. The molecule has 5 nitrogen and oxygen atoms in total. The molecule has 0 saturated carbocycles. The van der Waals surface area contributed by atoms with Crippen LogP contribution in [0, 0.1) is 0 Å². The zero-order valence-corrected chi connectivity index (χ0v) is 14.7. The van der Waals surface area contributed by atoms with Gasteiger partial charge in [0.25, 0.3) is 5.91 Å². The van der Waals surface area contributed by atoms with E-state index in [2.05, 4.69) is 24.4 Å². The maximum Gasteiger partial charge on any atom is 0.258 e. The van der Waals surface area contributed by atoms with Gasteiger partial charge in [0, 0.05) is 5.56 Å². The van der Waals surface area contributed by atoms with Crippen molar-refractivity contribution >= 4 is 12.2 Å². The molecule has 0 aromatic heterocycles. The minimum absolute atomic E-state index is 0.120. The number of hydrogen-bond donors (Lipinski definition) is 1. The summed E-state index contributed by atoms with van der Waals surface area (Å²) in [6, 6.07) is 12.8. The molecule has 0 aliphatic heterocycles. The SMILES string of the molecule is CCc1ccc([C@@H](C)NC(=O)COc2cc(C=O)ccc2OC)cc1. The molecule has 0 heterocycles. The number of aldehydes is 1. The number of aryl methyl sites for hydroxylation is 1. The van der Waals surface area contributed by atoms with Crippen molar-refractivity contribution in [3.05, 3.63) is 59.2 Å². The Balaban J connectivity index is 1.94. The molecular formula is C20H23NO4. The molecule has 0 radical (unpaired) electrons. The van der Waals surface area contributed by atoms with E-state index in [9.17, 15) is 9.59 Å². The van der Waals surface area contributed by atoms with Crippen LogP contribution in [-0.4, -0.2) is 25.9 Å². The van der Waals surface area contributed by atoms with Crippen molar-refractivity contribution in [2.75, 3.05) is 13.7 Å². The minimum atomic E-state index is -0.245. The number of hydrogen-bond acceptors (Lipinski definition) is 4. The van der Waals surface area contributed by atoms with Gasteiger partial charge in [-0.25, -0.2) is 0 Å². The number of benzene rings is 2. The zero-order chi connectivity index (χ0) is 18.2. The molecule has 0 spiro atoms. The van der Waals surface area contributed by atoms with Crippen molar-refractivity contribution in [2.24, 2.45) is 0 Å². The summed E-state index contributed by atoms with van der Waals surface area (Å²) >= 11 is 0. The van der Waals surface area contributed by atoms with Gasteiger partial charge in [0.15, 0.2) is 18.1 Å². The molecule has 5 heteroatoms. The van der Waals surface area contributed by atoms with E-state index in [1.165, 1.54) is 12.7 Å². The Morgan fingerprint density at radius 3 is 2.48 bits per heavy atom. The Kier molecular flexibility index (Phi) is 6.57. The first-order valence-electron chi connectivity index (χ1n) is 8.21. The normalized spacial score (nSPS) is 11.5. The third-order valence-corrected chi connectivity index (χ3v) is 3.95. The highest BCUT2D eigenvalue weighted by atomic mass is 16.5. The zero-order valence-electron chi connectivity index (χ0n) is 14.7. The molecule has 1 N–H and O–H groups in total. The number of carbonyl (C=O) groups is 2. The van der Waals surface area contributed by atoms with E-state index in [0.29, 0.717) is 23.3 Å². The summed E-state index contributed by atoms with van der Waals surface area (Å²) in [5.74, 6) is 0.592. The maximum atomic E-state index is 12.1. The van der Waals surface area contributed by atoms with Gasteiger partial charge in [-0.1, -0.05) is 31.2 Å². The van der Waals surface area contributed by atoms with Gasteiger partial charge in [-0.05, 0) is 42.7 Å². The Morgan fingerprint density at radius 2 is 1.88 bits per heavy atom. The lowest BCUT2D eigenvalue weighted by molar-refractivity contribution is -0.123. The van der Waals surface area contributed by atoms with Crippen molar-refractivity contribution in [1.29, 1.82) is 0 Å². The van der Waals surface area contributed by atoms with E-state index >= 15 is 0 Å².